The molecule has 1 aliphatic heterocycles. The lowest BCUT2D eigenvalue weighted by Gasteiger charge is -2.13. The van der Waals surface area contributed by atoms with Crippen molar-refractivity contribution in [2.45, 2.75) is 12.5 Å². The van der Waals surface area contributed by atoms with Gasteiger partial charge in [-0.2, -0.15) is 5.10 Å². The van der Waals surface area contributed by atoms with Crippen molar-refractivity contribution in [2.24, 2.45) is 5.73 Å². The number of hydrogen-bond acceptors (Lipinski definition) is 5. The van der Waals surface area contributed by atoms with Crippen molar-refractivity contribution < 1.29 is 9.72 Å². The molecule has 0 aliphatic carbocycles. The van der Waals surface area contributed by atoms with Crippen LogP contribution in [0.4, 0.5) is 5.69 Å². The summed E-state index contributed by atoms with van der Waals surface area (Å²) >= 11 is 0. The zero-order valence-corrected chi connectivity index (χ0v) is 11.8. The van der Waals surface area contributed by atoms with Gasteiger partial charge in [-0.05, 0) is 18.6 Å². The van der Waals surface area contributed by atoms with Gasteiger partial charge in [-0.25, -0.2) is 4.68 Å². The van der Waals surface area contributed by atoms with Crippen LogP contribution in [-0.2, 0) is 0 Å². The number of carbonyl (C=O) groups is 1. The number of hydrogen-bond donors (Lipinski definition) is 1. The molecule has 1 fully saturated rings. The van der Waals surface area contributed by atoms with Crippen molar-refractivity contribution in [1.29, 1.82) is 0 Å². The molecule has 0 radical (unpaired) electrons. The molecule has 2 N–H and O–H groups in total. The molecular weight excluding hydrogens is 286 g/mol. The predicted octanol–water partition coefficient (Wildman–Crippen LogP) is 0.954. The summed E-state index contributed by atoms with van der Waals surface area (Å²) in [5, 5.41) is 15.0. The normalized spacial score (nSPS) is 17.7. The lowest BCUT2D eigenvalue weighted by atomic mass is 10.3. The van der Waals surface area contributed by atoms with Crippen LogP contribution in [0.25, 0.3) is 5.69 Å². The van der Waals surface area contributed by atoms with Crippen molar-refractivity contribution in [3.05, 3.63) is 52.3 Å². The minimum absolute atomic E-state index is 0.0165. The molecule has 3 rings (SSSR count). The van der Waals surface area contributed by atoms with E-state index in [1.54, 1.807) is 29.3 Å². The summed E-state index contributed by atoms with van der Waals surface area (Å²) < 4.78 is 1.45. The van der Waals surface area contributed by atoms with E-state index in [2.05, 4.69) is 5.10 Å². The summed E-state index contributed by atoms with van der Waals surface area (Å²) in [5.74, 6) is -0.169. The topological polar surface area (TPSA) is 107 Å². The van der Waals surface area contributed by atoms with Gasteiger partial charge in [0, 0.05) is 37.5 Å². The van der Waals surface area contributed by atoms with E-state index in [1.807, 2.05) is 0 Å². The van der Waals surface area contributed by atoms with Crippen molar-refractivity contribution in [3.8, 4) is 5.69 Å². The van der Waals surface area contributed by atoms with E-state index in [-0.39, 0.29) is 17.6 Å². The Kier molecular flexibility index (Phi) is 3.60. The molecule has 8 heteroatoms. The van der Waals surface area contributed by atoms with E-state index < -0.39 is 4.92 Å². The number of benzene rings is 1. The Morgan fingerprint density at radius 2 is 2.23 bits per heavy atom. The summed E-state index contributed by atoms with van der Waals surface area (Å²) in [4.78, 5) is 24.3. The molecule has 2 aromatic rings. The largest absolute Gasteiger partial charge is 0.336 e. The third-order valence-electron chi connectivity index (χ3n) is 3.63. The number of nitrogens with two attached hydrogens (primary N) is 1. The molecule has 1 saturated heterocycles. The maximum Gasteiger partial charge on any atom is 0.274 e. The monoisotopic (exact) mass is 301 g/mol. The number of carbonyl (C=O) groups excluding carboxylic acids is 1. The Balaban J connectivity index is 1.83. The number of aromatic nitrogens is 2. The van der Waals surface area contributed by atoms with Gasteiger partial charge in [0.2, 0.25) is 0 Å². The molecule has 2 heterocycles. The third kappa shape index (κ3) is 2.68. The zero-order valence-electron chi connectivity index (χ0n) is 11.8. The minimum atomic E-state index is -0.468. The fraction of sp³-hybridized carbons (Fsp3) is 0.286. The Morgan fingerprint density at radius 1 is 1.41 bits per heavy atom. The van der Waals surface area contributed by atoms with Crippen LogP contribution in [0.2, 0.25) is 0 Å². The molecule has 8 nitrogen and oxygen atoms in total. The fourth-order valence-electron chi connectivity index (χ4n) is 2.46. The molecular formula is C14H15N5O3. The Morgan fingerprint density at radius 3 is 2.91 bits per heavy atom. The van der Waals surface area contributed by atoms with Crippen molar-refractivity contribution in [1.82, 2.24) is 14.7 Å². The molecule has 114 valence electrons. The highest BCUT2D eigenvalue weighted by Gasteiger charge is 2.26. The van der Waals surface area contributed by atoms with E-state index in [1.165, 1.54) is 16.8 Å². The fourth-order valence-corrected chi connectivity index (χ4v) is 2.46. The zero-order chi connectivity index (χ0) is 15.7. The van der Waals surface area contributed by atoms with Crippen LogP contribution in [0.3, 0.4) is 0 Å². The molecule has 1 aromatic heterocycles. The Bertz CT molecular complexity index is 727. The number of rotatable bonds is 3. The molecule has 1 atom stereocenters. The molecule has 22 heavy (non-hydrogen) atoms. The highest BCUT2D eigenvalue weighted by molar-refractivity contribution is 5.92. The average Bonchev–Trinajstić information content (AvgIpc) is 3.15. The van der Waals surface area contributed by atoms with Crippen LogP contribution in [0.15, 0.2) is 36.5 Å². The molecule has 1 amide bonds. The van der Waals surface area contributed by atoms with Crippen molar-refractivity contribution in [2.75, 3.05) is 13.1 Å². The van der Waals surface area contributed by atoms with Gasteiger partial charge in [-0.1, -0.05) is 6.07 Å². The molecule has 0 saturated carbocycles. The molecule has 1 aromatic carbocycles. The van der Waals surface area contributed by atoms with Crippen LogP contribution in [0.1, 0.15) is 16.9 Å². The minimum Gasteiger partial charge on any atom is -0.336 e. The third-order valence-corrected chi connectivity index (χ3v) is 3.63. The lowest BCUT2D eigenvalue weighted by molar-refractivity contribution is -0.384. The van der Waals surface area contributed by atoms with Gasteiger partial charge in [-0.15, -0.1) is 0 Å². The van der Waals surface area contributed by atoms with Gasteiger partial charge in [0.15, 0.2) is 5.69 Å². The summed E-state index contributed by atoms with van der Waals surface area (Å²) in [6, 6.07) is 7.71. The van der Waals surface area contributed by atoms with Crippen LogP contribution in [-0.4, -0.2) is 44.6 Å². The highest BCUT2D eigenvalue weighted by Crippen LogP contribution is 2.17. The second kappa shape index (κ2) is 5.57. The van der Waals surface area contributed by atoms with Gasteiger partial charge in [0.05, 0.1) is 10.6 Å². The number of nitrogens with zero attached hydrogens (tertiary/aromatic N) is 4. The number of nitro benzene ring substituents is 1. The van der Waals surface area contributed by atoms with Gasteiger partial charge in [0.25, 0.3) is 11.6 Å². The van der Waals surface area contributed by atoms with E-state index in [4.69, 9.17) is 5.73 Å². The van der Waals surface area contributed by atoms with Gasteiger partial charge >= 0.3 is 0 Å². The number of likely N-dealkylation sites (tertiary alicyclic amines) is 1. The summed E-state index contributed by atoms with van der Waals surface area (Å²) in [5.41, 5.74) is 6.62. The first-order valence-corrected chi connectivity index (χ1v) is 6.90. The van der Waals surface area contributed by atoms with Crippen LogP contribution in [0, 0.1) is 10.1 Å². The maximum absolute atomic E-state index is 12.3. The van der Waals surface area contributed by atoms with Crippen molar-refractivity contribution in [3.63, 3.8) is 0 Å². The van der Waals surface area contributed by atoms with Gasteiger partial charge < -0.3 is 10.6 Å². The smallest absolute Gasteiger partial charge is 0.274 e. The second-order valence-corrected chi connectivity index (χ2v) is 5.22. The van der Waals surface area contributed by atoms with Crippen LogP contribution < -0.4 is 5.73 Å². The van der Waals surface area contributed by atoms with Gasteiger partial charge in [0.1, 0.15) is 0 Å². The number of amides is 1. The number of non-ortho nitro benzene ring substituents is 1. The first-order valence-electron chi connectivity index (χ1n) is 6.90. The standard InChI is InChI=1S/C14H15N5O3/c15-10-4-6-17(9-10)14(20)13-5-7-18(16-13)11-2-1-3-12(8-11)19(21)22/h1-3,5,7-8,10H,4,6,9,15H2/t10-/m1/s1. The molecule has 1 aliphatic rings. The van der Waals surface area contributed by atoms with Crippen LogP contribution >= 0.6 is 0 Å². The lowest BCUT2D eigenvalue weighted by Crippen LogP contribution is -2.32. The summed E-state index contributed by atoms with van der Waals surface area (Å²) in [6.07, 6.45) is 2.40. The molecule has 0 unspecified atom stereocenters. The first-order chi connectivity index (χ1) is 10.5. The molecule has 0 spiro atoms. The Hall–Kier alpha value is -2.74. The quantitative estimate of drug-likeness (QED) is 0.671. The SMILES string of the molecule is N[C@@H]1CCN(C(=O)c2ccn(-c3cccc([N+](=O)[O-])c3)n2)C1. The van der Waals surface area contributed by atoms with Crippen LogP contribution in [0.5, 0.6) is 0 Å². The second-order valence-electron chi connectivity index (χ2n) is 5.22. The van der Waals surface area contributed by atoms with Gasteiger partial charge in [-0.3, -0.25) is 14.9 Å². The first kappa shape index (κ1) is 14.2. The van der Waals surface area contributed by atoms with E-state index in [9.17, 15) is 14.9 Å². The van der Waals surface area contributed by atoms with Crippen molar-refractivity contribution >= 4 is 11.6 Å². The summed E-state index contributed by atoms with van der Waals surface area (Å²) in [6.45, 7) is 1.16. The Labute approximate surface area is 126 Å². The van der Waals surface area contributed by atoms with E-state index in [0.717, 1.165) is 6.42 Å². The maximum atomic E-state index is 12.3. The average molecular weight is 301 g/mol. The molecule has 0 bridgehead atoms. The highest BCUT2D eigenvalue weighted by atomic mass is 16.6. The predicted molar refractivity (Wildman–Crippen MR) is 78.7 cm³/mol. The van der Waals surface area contributed by atoms with E-state index >= 15 is 0 Å². The number of nitro groups is 1. The summed E-state index contributed by atoms with van der Waals surface area (Å²) in [7, 11) is 0. The van der Waals surface area contributed by atoms with E-state index in [0.29, 0.717) is 24.5 Å².